The van der Waals surface area contributed by atoms with Gasteiger partial charge in [0.1, 0.15) is 24.2 Å². The van der Waals surface area contributed by atoms with Gasteiger partial charge in [-0.25, -0.2) is 0 Å². The Morgan fingerprint density at radius 3 is 2.16 bits per heavy atom. The lowest BCUT2D eigenvalue weighted by atomic mass is 9.97. The number of nitrogens with zero attached hydrogens (tertiary/aromatic N) is 2. The van der Waals surface area contributed by atoms with E-state index in [1.54, 1.807) is 24.3 Å². The highest BCUT2D eigenvalue weighted by Gasteiger charge is 2.47. The number of benzene rings is 2. The number of nitrogens with one attached hydrogen (secondary N) is 4. The zero-order chi connectivity index (χ0) is 35.3. The van der Waals surface area contributed by atoms with Crippen molar-refractivity contribution in [1.29, 1.82) is 0 Å². The standard InChI is InChI=1S/C34H44N8O7/c35-34(36)37-17-7-12-24(31(47)41-26(19-29(44)45)30(46)38-20-22-10-5-2-6-11-22)40-32(48)27-16-14-23-13-15-25(33(49)42(23)27)39-28(43)18-21-8-3-1-4-9-21/h1-6,8-11,23-27H,7,12-20H2,(H,38,46)(H,39,43)(H,40,48)(H,41,47)(H,44,45)(H4,35,36,37)/t23-,24-,25-,26-,27-/m0/s1. The molecule has 0 unspecified atom stereocenters. The summed E-state index contributed by atoms with van der Waals surface area (Å²) in [7, 11) is 0. The number of carboxylic acids is 1. The van der Waals surface area contributed by atoms with E-state index >= 15 is 0 Å². The number of aliphatic carboxylic acids is 1. The van der Waals surface area contributed by atoms with Crippen molar-refractivity contribution in [2.45, 2.75) is 88.1 Å². The minimum atomic E-state index is -1.43. The van der Waals surface area contributed by atoms with Crippen molar-refractivity contribution < 1.29 is 33.9 Å². The molecule has 0 bridgehead atoms. The molecule has 2 heterocycles. The smallest absolute Gasteiger partial charge is 0.305 e. The number of aliphatic imine (C=N–C) groups is 1. The molecule has 0 radical (unpaired) electrons. The molecule has 2 saturated heterocycles. The van der Waals surface area contributed by atoms with Gasteiger partial charge in [0.2, 0.25) is 29.5 Å². The lowest BCUT2D eigenvalue weighted by Gasteiger charge is -2.38. The Kier molecular flexibility index (Phi) is 13.1. The molecule has 2 aliphatic heterocycles. The Balaban J connectivity index is 1.43. The number of rotatable bonds is 16. The molecule has 2 aromatic rings. The molecule has 262 valence electrons. The fraction of sp³-hybridized carbons (Fsp3) is 0.441. The van der Waals surface area contributed by atoms with Crippen molar-refractivity contribution in [2.75, 3.05) is 6.54 Å². The number of fused-ring (bicyclic) bond motifs is 1. The number of nitrogens with two attached hydrogens (primary N) is 2. The third-order valence-electron chi connectivity index (χ3n) is 8.59. The molecule has 0 saturated carbocycles. The summed E-state index contributed by atoms with van der Waals surface area (Å²) in [5.74, 6) is -4.16. The van der Waals surface area contributed by atoms with E-state index in [1.807, 2.05) is 36.4 Å². The van der Waals surface area contributed by atoms with Gasteiger partial charge in [0.05, 0.1) is 12.8 Å². The van der Waals surface area contributed by atoms with E-state index in [-0.39, 0.29) is 56.2 Å². The van der Waals surface area contributed by atoms with Crippen molar-refractivity contribution in [3.05, 3.63) is 71.8 Å². The first-order valence-electron chi connectivity index (χ1n) is 16.4. The number of carbonyl (C=O) groups excluding carboxylic acids is 5. The summed E-state index contributed by atoms with van der Waals surface area (Å²) < 4.78 is 0. The van der Waals surface area contributed by atoms with Gasteiger partial charge in [0.15, 0.2) is 5.96 Å². The number of amides is 5. The lowest BCUT2D eigenvalue weighted by Crippen LogP contribution is -2.60. The Hall–Kier alpha value is -5.47. The first-order chi connectivity index (χ1) is 23.5. The van der Waals surface area contributed by atoms with Gasteiger partial charge in [-0.1, -0.05) is 60.7 Å². The second-order valence-electron chi connectivity index (χ2n) is 12.2. The minimum Gasteiger partial charge on any atom is -0.481 e. The van der Waals surface area contributed by atoms with Crippen LogP contribution in [0.5, 0.6) is 0 Å². The van der Waals surface area contributed by atoms with Gasteiger partial charge in [-0.3, -0.25) is 33.8 Å². The van der Waals surface area contributed by atoms with Crippen LogP contribution in [-0.4, -0.2) is 88.2 Å². The van der Waals surface area contributed by atoms with Crippen LogP contribution in [-0.2, 0) is 41.7 Å². The monoisotopic (exact) mass is 676 g/mol. The lowest BCUT2D eigenvalue weighted by molar-refractivity contribution is -0.146. The van der Waals surface area contributed by atoms with Gasteiger partial charge >= 0.3 is 5.97 Å². The molecule has 15 heteroatoms. The second-order valence-corrected chi connectivity index (χ2v) is 12.2. The summed E-state index contributed by atoms with van der Waals surface area (Å²) in [6, 6.07) is 13.6. The predicted octanol–water partition coefficient (Wildman–Crippen LogP) is -0.318. The number of carbonyl (C=O) groups is 6. The average molecular weight is 677 g/mol. The molecule has 2 aliphatic rings. The number of guanidine groups is 1. The molecule has 0 aromatic heterocycles. The van der Waals surface area contributed by atoms with E-state index in [0.717, 1.165) is 11.1 Å². The fourth-order valence-corrected chi connectivity index (χ4v) is 6.19. The maximum atomic E-state index is 13.7. The van der Waals surface area contributed by atoms with E-state index in [9.17, 15) is 33.9 Å². The Morgan fingerprint density at radius 1 is 0.857 bits per heavy atom. The largest absolute Gasteiger partial charge is 0.481 e. The van der Waals surface area contributed by atoms with Crippen LogP contribution in [0.2, 0.25) is 0 Å². The van der Waals surface area contributed by atoms with Crippen LogP contribution in [0.4, 0.5) is 0 Å². The molecule has 49 heavy (non-hydrogen) atoms. The van der Waals surface area contributed by atoms with Gasteiger partial charge < -0.3 is 42.7 Å². The first kappa shape index (κ1) is 36.4. The molecule has 5 amide bonds. The highest BCUT2D eigenvalue weighted by atomic mass is 16.4. The van der Waals surface area contributed by atoms with Crippen molar-refractivity contribution in [1.82, 2.24) is 26.2 Å². The molecule has 2 fully saturated rings. The minimum absolute atomic E-state index is 0.0576. The quantitative estimate of drug-likeness (QED) is 0.0700. The van der Waals surface area contributed by atoms with Crippen LogP contribution >= 0.6 is 0 Å². The molecule has 9 N–H and O–H groups in total. The van der Waals surface area contributed by atoms with Crippen molar-refractivity contribution in [3.8, 4) is 0 Å². The summed E-state index contributed by atoms with van der Waals surface area (Å²) in [5.41, 5.74) is 12.4. The Labute approximate surface area is 284 Å². The van der Waals surface area contributed by atoms with Gasteiger partial charge in [-0.2, -0.15) is 0 Å². The van der Waals surface area contributed by atoms with Gasteiger partial charge in [0, 0.05) is 19.1 Å². The predicted molar refractivity (Wildman–Crippen MR) is 179 cm³/mol. The molecule has 0 aliphatic carbocycles. The number of hydrogen-bond donors (Lipinski definition) is 7. The topological polar surface area (TPSA) is 238 Å². The number of hydrogen-bond acceptors (Lipinski definition) is 7. The molecular formula is C34H44N8O7. The van der Waals surface area contributed by atoms with Crippen molar-refractivity contribution in [3.63, 3.8) is 0 Å². The summed E-state index contributed by atoms with van der Waals surface area (Å²) in [5, 5.41) is 20.1. The summed E-state index contributed by atoms with van der Waals surface area (Å²) >= 11 is 0. The molecular weight excluding hydrogens is 632 g/mol. The molecule has 4 rings (SSSR count). The zero-order valence-electron chi connectivity index (χ0n) is 27.2. The fourth-order valence-electron chi connectivity index (χ4n) is 6.19. The highest BCUT2D eigenvalue weighted by Crippen LogP contribution is 2.33. The Bertz CT molecular complexity index is 1520. The maximum Gasteiger partial charge on any atom is 0.305 e. The van der Waals surface area contributed by atoms with Crippen LogP contribution in [0, 0.1) is 0 Å². The summed E-state index contributed by atoms with van der Waals surface area (Å²) in [6.45, 7) is 0.267. The molecule has 2 aromatic carbocycles. The maximum absolute atomic E-state index is 13.7. The van der Waals surface area contributed by atoms with E-state index in [1.165, 1.54) is 4.90 Å². The third kappa shape index (κ3) is 10.8. The van der Waals surface area contributed by atoms with E-state index in [2.05, 4.69) is 26.3 Å². The highest BCUT2D eigenvalue weighted by molar-refractivity contribution is 5.97. The number of piperidine rings is 1. The Morgan fingerprint density at radius 2 is 1.51 bits per heavy atom. The van der Waals surface area contributed by atoms with Crippen LogP contribution in [0.1, 0.15) is 56.1 Å². The van der Waals surface area contributed by atoms with Crippen LogP contribution in [0.15, 0.2) is 65.7 Å². The van der Waals surface area contributed by atoms with Crippen molar-refractivity contribution in [2.24, 2.45) is 16.5 Å². The molecule has 5 atom stereocenters. The van der Waals surface area contributed by atoms with Gasteiger partial charge in [0.25, 0.3) is 0 Å². The SMILES string of the molecule is NC(N)=NCCC[C@H](NC(=O)[C@@H]1CC[C@@H]2CC[C@H](NC(=O)Cc3ccccc3)C(=O)N21)C(=O)N[C@@H](CC(=O)O)C(=O)NCc1ccccc1. The normalized spacial score (nSPS) is 19.5. The van der Waals surface area contributed by atoms with Crippen molar-refractivity contribution >= 4 is 41.5 Å². The van der Waals surface area contributed by atoms with E-state index < -0.39 is 54.3 Å². The van der Waals surface area contributed by atoms with E-state index in [0.29, 0.717) is 25.7 Å². The summed E-state index contributed by atoms with van der Waals surface area (Å²) in [4.78, 5) is 83.6. The first-order valence-corrected chi connectivity index (χ1v) is 16.4. The van der Waals surface area contributed by atoms with Gasteiger partial charge in [-0.05, 0) is 49.7 Å². The van der Waals surface area contributed by atoms with Crippen LogP contribution < -0.4 is 32.7 Å². The third-order valence-corrected chi connectivity index (χ3v) is 8.59. The van der Waals surface area contributed by atoms with Gasteiger partial charge in [-0.15, -0.1) is 0 Å². The summed E-state index contributed by atoms with van der Waals surface area (Å²) in [6.07, 6.45) is 1.74. The van der Waals surface area contributed by atoms with E-state index in [4.69, 9.17) is 11.5 Å². The molecule has 0 spiro atoms. The number of carboxylic acid groups (broad SMARTS) is 1. The molecule has 15 nitrogen and oxygen atoms in total. The average Bonchev–Trinajstić information content (AvgIpc) is 3.52. The second kappa shape index (κ2) is 17.6. The zero-order valence-corrected chi connectivity index (χ0v) is 27.2. The van der Waals surface area contributed by atoms with Crippen LogP contribution in [0.25, 0.3) is 0 Å². The van der Waals surface area contributed by atoms with Crippen LogP contribution in [0.3, 0.4) is 0 Å².